The van der Waals surface area contributed by atoms with Crippen molar-refractivity contribution >= 4 is 11.5 Å². The number of amides is 1. The van der Waals surface area contributed by atoms with Crippen LogP contribution in [0, 0.1) is 0 Å². The van der Waals surface area contributed by atoms with E-state index in [1.165, 1.54) is 32.3 Å². The molecule has 0 saturated carbocycles. The Morgan fingerprint density at radius 3 is 2.54 bits per heavy atom. The maximum atomic E-state index is 12.3. The highest BCUT2D eigenvalue weighted by Gasteiger charge is 2.19. The second kappa shape index (κ2) is 6.86. The molecule has 1 aliphatic rings. The summed E-state index contributed by atoms with van der Waals surface area (Å²) in [5.41, 5.74) is 3.55. The Bertz CT molecular complexity index is 814. The molecule has 126 valence electrons. The molecular weight excluding hydrogens is 304 g/mol. The molecule has 0 unspecified atom stereocenters. The molecule has 0 N–H and O–H groups in total. The third kappa shape index (κ3) is 3.32. The van der Waals surface area contributed by atoms with E-state index < -0.39 is 0 Å². The standard InChI is InChI=1S/C18H22N4O2/c1-3-14-4-6-15(7-5-14)16-8-10-21(11-9-16)17(23)12-22-18(24)20(2)13-19-22/h4-8,13H,3,9-12H2,1-2H3. The molecule has 1 amide bonds. The zero-order chi connectivity index (χ0) is 17.1. The molecule has 0 fully saturated rings. The Morgan fingerprint density at radius 2 is 2.00 bits per heavy atom. The molecule has 1 aromatic carbocycles. The number of rotatable bonds is 4. The van der Waals surface area contributed by atoms with Crippen LogP contribution in [0.2, 0.25) is 0 Å². The van der Waals surface area contributed by atoms with E-state index >= 15 is 0 Å². The first-order valence-corrected chi connectivity index (χ1v) is 8.23. The minimum absolute atomic E-state index is 0.00591. The Balaban J connectivity index is 1.64. The van der Waals surface area contributed by atoms with Gasteiger partial charge >= 0.3 is 5.69 Å². The van der Waals surface area contributed by atoms with Crippen LogP contribution in [0.3, 0.4) is 0 Å². The van der Waals surface area contributed by atoms with Crippen LogP contribution in [0.15, 0.2) is 41.5 Å². The minimum Gasteiger partial charge on any atom is -0.337 e. The molecule has 0 atom stereocenters. The molecule has 3 rings (SSSR count). The van der Waals surface area contributed by atoms with Gasteiger partial charge in [-0.1, -0.05) is 37.3 Å². The van der Waals surface area contributed by atoms with Crippen LogP contribution in [0.1, 0.15) is 24.5 Å². The normalized spacial score (nSPS) is 14.6. The third-order valence-electron chi connectivity index (χ3n) is 4.47. The zero-order valence-corrected chi connectivity index (χ0v) is 14.1. The molecule has 0 spiro atoms. The van der Waals surface area contributed by atoms with Crippen molar-refractivity contribution in [2.75, 3.05) is 13.1 Å². The van der Waals surface area contributed by atoms with Crippen LogP contribution in [-0.4, -0.2) is 38.2 Å². The van der Waals surface area contributed by atoms with E-state index in [1.807, 2.05) is 0 Å². The second-order valence-electron chi connectivity index (χ2n) is 6.05. The summed E-state index contributed by atoms with van der Waals surface area (Å²) in [6.45, 7) is 3.38. The summed E-state index contributed by atoms with van der Waals surface area (Å²) < 4.78 is 2.56. The molecule has 2 heterocycles. The van der Waals surface area contributed by atoms with Gasteiger partial charge in [-0.2, -0.15) is 5.10 Å². The Labute approximate surface area is 141 Å². The SMILES string of the molecule is CCc1ccc(C2=CCN(C(=O)Cn3ncn(C)c3=O)CC2)cc1. The fourth-order valence-electron chi connectivity index (χ4n) is 2.87. The molecule has 6 heteroatoms. The molecule has 24 heavy (non-hydrogen) atoms. The van der Waals surface area contributed by atoms with Gasteiger partial charge in [0.05, 0.1) is 0 Å². The van der Waals surface area contributed by atoms with Crippen LogP contribution in [0.4, 0.5) is 0 Å². The van der Waals surface area contributed by atoms with E-state index in [9.17, 15) is 9.59 Å². The maximum absolute atomic E-state index is 12.3. The van der Waals surface area contributed by atoms with Crippen molar-refractivity contribution in [3.05, 3.63) is 58.3 Å². The average molecular weight is 326 g/mol. The number of carbonyl (C=O) groups excluding carboxylic acids is 1. The predicted molar refractivity (Wildman–Crippen MR) is 92.5 cm³/mol. The fourth-order valence-corrected chi connectivity index (χ4v) is 2.87. The van der Waals surface area contributed by atoms with Gasteiger partial charge in [0.25, 0.3) is 0 Å². The lowest BCUT2D eigenvalue weighted by Crippen LogP contribution is -2.39. The molecule has 1 aliphatic heterocycles. The smallest absolute Gasteiger partial charge is 0.337 e. The monoisotopic (exact) mass is 326 g/mol. The van der Waals surface area contributed by atoms with Crippen molar-refractivity contribution in [2.24, 2.45) is 7.05 Å². The quantitative estimate of drug-likeness (QED) is 0.855. The van der Waals surface area contributed by atoms with E-state index in [1.54, 1.807) is 11.9 Å². The zero-order valence-electron chi connectivity index (χ0n) is 14.1. The average Bonchev–Trinajstić information content (AvgIpc) is 2.94. The summed E-state index contributed by atoms with van der Waals surface area (Å²) in [6, 6.07) is 8.60. The topological polar surface area (TPSA) is 60.1 Å². The molecule has 0 saturated heterocycles. The summed E-state index contributed by atoms with van der Waals surface area (Å²) in [5, 5.41) is 3.93. The van der Waals surface area contributed by atoms with Gasteiger partial charge in [0, 0.05) is 20.1 Å². The number of hydrogen-bond acceptors (Lipinski definition) is 3. The van der Waals surface area contributed by atoms with Gasteiger partial charge < -0.3 is 4.90 Å². The van der Waals surface area contributed by atoms with Gasteiger partial charge in [0.1, 0.15) is 12.9 Å². The number of benzene rings is 1. The van der Waals surface area contributed by atoms with Gasteiger partial charge in [-0.25, -0.2) is 9.48 Å². The van der Waals surface area contributed by atoms with Crippen molar-refractivity contribution < 1.29 is 4.79 Å². The summed E-state index contributed by atoms with van der Waals surface area (Å²) in [5.74, 6) is -0.0765. The van der Waals surface area contributed by atoms with E-state index in [-0.39, 0.29) is 18.1 Å². The molecule has 0 bridgehead atoms. The minimum atomic E-state index is -0.271. The highest BCUT2D eigenvalue weighted by atomic mass is 16.2. The Morgan fingerprint density at radius 1 is 1.25 bits per heavy atom. The van der Waals surface area contributed by atoms with Gasteiger partial charge in [0.15, 0.2) is 0 Å². The van der Waals surface area contributed by atoms with Crippen molar-refractivity contribution in [3.63, 3.8) is 0 Å². The van der Waals surface area contributed by atoms with Crippen molar-refractivity contribution in [3.8, 4) is 0 Å². The van der Waals surface area contributed by atoms with Gasteiger partial charge in [-0.05, 0) is 29.5 Å². The summed E-state index contributed by atoms with van der Waals surface area (Å²) in [7, 11) is 1.62. The van der Waals surface area contributed by atoms with E-state index in [2.05, 4.69) is 42.4 Å². The van der Waals surface area contributed by atoms with Crippen molar-refractivity contribution in [2.45, 2.75) is 26.3 Å². The van der Waals surface area contributed by atoms with E-state index in [0.29, 0.717) is 13.1 Å². The predicted octanol–water partition coefficient (Wildman–Crippen LogP) is 1.46. The fraction of sp³-hybridized carbons (Fsp3) is 0.389. The first-order valence-electron chi connectivity index (χ1n) is 8.23. The van der Waals surface area contributed by atoms with Gasteiger partial charge in [-0.15, -0.1) is 0 Å². The van der Waals surface area contributed by atoms with E-state index in [4.69, 9.17) is 0 Å². The van der Waals surface area contributed by atoms with Crippen LogP contribution >= 0.6 is 0 Å². The van der Waals surface area contributed by atoms with Crippen LogP contribution in [-0.2, 0) is 24.8 Å². The van der Waals surface area contributed by atoms with Crippen LogP contribution in [0.25, 0.3) is 5.57 Å². The second-order valence-corrected chi connectivity index (χ2v) is 6.05. The number of hydrogen-bond donors (Lipinski definition) is 0. The highest BCUT2D eigenvalue weighted by molar-refractivity contribution is 5.78. The van der Waals surface area contributed by atoms with Gasteiger partial charge in [-0.3, -0.25) is 9.36 Å². The lowest BCUT2D eigenvalue weighted by atomic mass is 9.98. The van der Waals surface area contributed by atoms with Gasteiger partial charge in [0.2, 0.25) is 5.91 Å². The lowest BCUT2D eigenvalue weighted by Gasteiger charge is -2.26. The molecule has 0 radical (unpaired) electrons. The lowest BCUT2D eigenvalue weighted by molar-refractivity contribution is -0.131. The van der Waals surface area contributed by atoms with Crippen molar-refractivity contribution in [1.29, 1.82) is 0 Å². The van der Waals surface area contributed by atoms with Crippen molar-refractivity contribution in [1.82, 2.24) is 19.2 Å². The number of nitrogens with zero attached hydrogens (tertiary/aromatic N) is 4. The highest BCUT2D eigenvalue weighted by Crippen LogP contribution is 2.23. The summed E-state index contributed by atoms with van der Waals surface area (Å²) in [4.78, 5) is 25.9. The van der Waals surface area contributed by atoms with Crippen LogP contribution < -0.4 is 5.69 Å². The summed E-state index contributed by atoms with van der Waals surface area (Å²) >= 11 is 0. The van der Waals surface area contributed by atoms with Crippen LogP contribution in [0.5, 0.6) is 0 Å². The number of aryl methyl sites for hydroxylation is 2. The Hall–Kier alpha value is -2.63. The molecular formula is C18H22N4O2. The maximum Gasteiger partial charge on any atom is 0.345 e. The first-order chi connectivity index (χ1) is 11.6. The molecule has 6 nitrogen and oxygen atoms in total. The number of carbonyl (C=O) groups is 1. The third-order valence-corrected chi connectivity index (χ3v) is 4.47. The van der Waals surface area contributed by atoms with E-state index in [0.717, 1.165) is 12.8 Å². The molecule has 1 aromatic heterocycles. The Kier molecular flexibility index (Phi) is 4.64. The number of aromatic nitrogens is 3. The molecule has 0 aliphatic carbocycles. The summed E-state index contributed by atoms with van der Waals surface area (Å²) in [6.07, 6.45) is 5.39. The first kappa shape index (κ1) is 16.2. The molecule has 2 aromatic rings. The largest absolute Gasteiger partial charge is 0.345 e.